The molecule has 1 heterocycles. The first-order valence-corrected chi connectivity index (χ1v) is 6.45. The molecule has 1 saturated heterocycles. The second kappa shape index (κ2) is 4.67. The SMILES string of the molecule is CC(C)C1CC(c2cccc(Br)c2)CN1. The van der Waals surface area contributed by atoms with Crippen LogP contribution in [-0.4, -0.2) is 12.6 Å². The highest BCUT2D eigenvalue weighted by Crippen LogP contribution is 2.29. The first kappa shape index (κ1) is 11.2. The van der Waals surface area contributed by atoms with Crippen molar-refractivity contribution in [2.75, 3.05) is 6.54 Å². The quantitative estimate of drug-likeness (QED) is 0.865. The van der Waals surface area contributed by atoms with Gasteiger partial charge in [-0.15, -0.1) is 0 Å². The molecule has 1 nitrogen and oxygen atoms in total. The summed E-state index contributed by atoms with van der Waals surface area (Å²) in [5.41, 5.74) is 1.46. The van der Waals surface area contributed by atoms with E-state index in [1.165, 1.54) is 16.5 Å². The number of rotatable bonds is 2. The maximum Gasteiger partial charge on any atom is 0.0178 e. The van der Waals surface area contributed by atoms with Crippen LogP contribution in [-0.2, 0) is 0 Å². The van der Waals surface area contributed by atoms with Gasteiger partial charge in [-0.25, -0.2) is 0 Å². The van der Waals surface area contributed by atoms with E-state index in [2.05, 4.69) is 59.4 Å². The van der Waals surface area contributed by atoms with Crippen LogP contribution in [0.15, 0.2) is 28.7 Å². The number of hydrogen-bond acceptors (Lipinski definition) is 1. The first-order chi connectivity index (χ1) is 7.16. The standard InChI is InChI=1S/C13H18BrN/c1-9(2)13-7-11(8-15-13)10-4-3-5-12(14)6-10/h3-6,9,11,13,15H,7-8H2,1-2H3. The molecule has 2 unspecified atom stereocenters. The Hall–Kier alpha value is -0.340. The molecule has 1 aromatic carbocycles. The number of nitrogens with one attached hydrogen (secondary N) is 1. The molecule has 0 bridgehead atoms. The van der Waals surface area contributed by atoms with E-state index in [1.807, 2.05) is 0 Å². The number of hydrogen-bond donors (Lipinski definition) is 1. The van der Waals surface area contributed by atoms with Crippen molar-refractivity contribution in [3.63, 3.8) is 0 Å². The van der Waals surface area contributed by atoms with Gasteiger partial charge in [-0.3, -0.25) is 0 Å². The van der Waals surface area contributed by atoms with Crippen LogP contribution in [0, 0.1) is 5.92 Å². The normalized spacial score (nSPS) is 26.1. The van der Waals surface area contributed by atoms with Gasteiger partial charge < -0.3 is 5.32 Å². The fourth-order valence-electron chi connectivity index (χ4n) is 2.29. The molecule has 0 radical (unpaired) electrons. The van der Waals surface area contributed by atoms with E-state index in [9.17, 15) is 0 Å². The fourth-order valence-corrected chi connectivity index (χ4v) is 2.71. The Balaban J connectivity index is 2.08. The Morgan fingerprint density at radius 3 is 2.80 bits per heavy atom. The topological polar surface area (TPSA) is 12.0 Å². The van der Waals surface area contributed by atoms with Gasteiger partial charge in [0.1, 0.15) is 0 Å². The van der Waals surface area contributed by atoms with Crippen molar-refractivity contribution in [3.8, 4) is 0 Å². The highest BCUT2D eigenvalue weighted by atomic mass is 79.9. The fraction of sp³-hybridized carbons (Fsp3) is 0.538. The van der Waals surface area contributed by atoms with Gasteiger partial charge in [-0.2, -0.15) is 0 Å². The van der Waals surface area contributed by atoms with Crippen molar-refractivity contribution >= 4 is 15.9 Å². The van der Waals surface area contributed by atoms with Crippen molar-refractivity contribution in [1.82, 2.24) is 5.32 Å². The van der Waals surface area contributed by atoms with Crippen LogP contribution in [0.25, 0.3) is 0 Å². The monoisotopic (exact) mass is 267 g/mol. The third-order valence-corrected chi connectivity index (χ3v) is 3.78. The molecule has 1 fully saturated rings. The second-order valence-electron chi connectivity index (χ2n) is 4.75. The summed E-state index contributed by atoms with van der Waals surface area (Å²) in [4.78, 5) is 0. The van der Waals surface area contributed by atoms with Crippen molar-refractivity contribution < 1.29 is 0 Å². The van der Waals surface area contributed by atoms with Gasteiger partial charge in [-0.05, 0) is 36.0 Å². The maximum absolute atomic E-state index is 3.61. The predicted molar refractivity (Wildman–Crippen MR) is 68.1 cm³/mol. The minimum absolute atomic E-state index is 0.689. The molecule has 0 saturated carbocycles. The smallest absolute Gasteiger partial charge is 0.0178 e. The van der Waals surface area contributed by atoms with Crippen LogP contribution >= 0.6 is 15.9 Å². The van der Waals surface area contributed by atoms with Crippen LogP contribution in [0.1, 0.15) is 31.7 Å². The Labute approximate surface area is 100 Å². The molecule has 2 rings (SSSR count). The highest BCUT2D eigenvalue weighted by molar-refractivity contribution is 9.10. The molecule has 15 heavy (non-hydrogen) atoms. The van der Waals surface area contributed by atoms with Crippen LogP contribution in [0.4, 0.5) is 0 Å². The van der Waals surface area contributed by atoms with Crippen molar-refractivity contribution in [1.29, 1.82) is 0 Å². The number of benzene rings is 1. The summed E-state index contributed by atoms with van der Waals surface area (Å²) in [7, 11) is 0. The second-order valence-corrected chi connectivity index (χ2v) is 5.66. The largest absolute Gasteiger partial charge is 0.313 e. The van der Waals surface area contributed by atoms with Gasteiger partial charge in [0.25, 0.3) is 0 Å². The molecule has 2 heteroatoms. The lowest BCUT2D eigenvalue weighted by Crippen LogP contribution is -2.26. The summed E-state index contributed by atoms with van der Waals surface area (Å²) in [5.74, 6) is 1.43. The molecule has 1 aliphatic rings. The van der Waals surface area contributed by atoms with Crippen LogP contribution in [0.2, 0.25) is 0 Å². The Bertz CT molecular complexity index is 335. The van der Waals surface area contributed by atoms with E-state index in [1.54, 1.807) is 0 Å². The third-order valence-electron chi connectivity index (χ3n) is 3.29. The minimum Gasteiger partial charge on any atom is -0.313 e. The lowest BCUT2D eigenvalue weighted by atomic mass is 9.93. The first-order valence-electron chi connectivity index (χ1n) is 5.65. The summed E-state index contributed by atoms with van der Waals surface area (Å²) in [6.45, 7) is 5.71. The van der Waals surface area contributed by atoms with E-state index >= 15 is 0 Å². The zero-order valence-electron chi connectivity index (χ0n) is 9.33. The van der Waals surface area contributed by atoms with E-state index in [4.69, 9.17) is 0 Å². The van der Waals surface area contributed by atoms with Crippen molar-refractivity contribution in [2.45, 2.75) is 32.2 Å². The maximum atomic E-state index is 3.61. The Kier molecular flexibility index (Phi) is 3.47. The van der Waals surface area contributed by atoms with Gasteiger partial charge in [0.2, 0.25) is 0 Å². The predicted octanol–water partition coefficient (Wildman–Crippen LogP) is 3.55. The molecule has 1 aliphatic heterocycles. The summed E-state index contributed by atoms with van der Waals surface area (Å²) < 4.78 is 1.19. The zero-order chi connectivity index (χ0) is 10.8. The van der Waals surface area contributed by atoms with Gasteiger partial charge >= 0.3 is 0 Å². The minimum atomic E-state index is 0.689. The summed E-state index contributed by atoms with van der Waals surface area (Å²) in [5, 5.41) is 3.61. The van der Waals surface area contributed by atoms with Crippen LogP contribution in [0.3, 0.4) is 0 Å². The lowest BCUT2D eigenvalue weighted by molar-refractivity contribution is 0.449. The van der Waals surface area contributed by atoms with Crippen molar-refractivity contribution in [3.05, 3.63) is 34.3 Å². The van der Waals surface area contributed by atoms with Gasteiger partial charge in [0, 0.05) is 17.1 Å². The molecule has 1 aromatic rings. The van der Waals surface area contributed by atoms with E-state index in [-0.39, 0.29) is 0 Å². The Morgan fingerprint density at radius 2 is 2.20 bits per heavy atom. The van der Waals surface area contributed by atoms with Gasteiger partial charge in [0.05, 0.1) is 0 Å². The molecule has 0 spiro atoms. The lowest BCUT2D eigenvalue weighted by Gasteiger charge is -2.14. The molecule has 0 aromatic heterocycles. The zero-order valence-corrected chi connectivity index (χ0v) is 10.9. The third kappa shape index (κ3) is 2.61. The molecule has 82 valence electrons. The molecular formula is C13H18BrN. The molecule has 0 amide bonds. The van der Waals surface area contributed by atoms with Crippen molar-refractivity contribution in [2.24, 2.45) is 5.92 Å². The van der Waals surface area contributed by atoms with Gasteiger partial charge in [0.15, 0.2) is 0 Å². The van der Waals surface area contributed by atoms with Gasteiger partial charge in [-0.1, -0.05) is 41.9 Å². The van der Waals surface area contributed by atoms with E-state index < -0.39 is 0 Å². The average Bonchev–Trinajstić information content (AvgIpc) is 2.66. The van der Waals surface area contributed by atoms with Crippen LogP contribution < -0.4 is 5.32 Å². The summed E-state index contributed by atoms with van der Waals surface area (Å²) in [6.07, 6.45) is 1.27. The molecule has 2 atom stereocenters. The summed E-state index contributed by atoms with van der Waals surface area (Å²) in [6, 6.07) is 9.39. The Morgan fingerprint density at radius 1 is 1.40 bits per heavy atom. The highest BCUT2D eigenvalue weighted by Gasteiger charge is 2.26. The van der Waals surface area contributed by atoms with E-state index in [0.29, 0.717) is 12.0 Å². The summed E-state index contributed by atoms with van der Waals surface area (Å²) >= 11 is 3.53. The van der Waals surface area contributed by atoms with Crippen LogP contribution in [0.5, 0.6) is 0 Å². The van der Waals surface area contributed by atoms with E-state index in [0.717, 1.165) is 12.5 Å². The molecular weight excluding hydrogens is 250 g/mol. The number of halogens is 1. The molecule has 1 N–H and O–H groups in total. The average molecular weight is 268 g/mol. The molecule has 0 aliphatic carbocycles.